The van der Waals surface area contributed by atoms with Crippen molar-refractivity contribution >= 4 is 11.7 Å². The number of para-hydroxylation sites is 1. The largest absolute Gasteiger partial charge is 0.467 e. The van der Waals surface area contributed by atoms with Crippen LogP contribution in [-0.2, 0) is 9.53 Å². The molecule has 1 N–H and O–H groups in total. The van der Waals surface area contributed by atoms with Gasteiger partial charge in [0, 0.05) is 25.8 Å². The van der Waals surface area contributed by atoms with E-state index in [1.807, 2.05) is 18.2 Å². The first kappa shape index (κ1) is 16.8. The van der Waals surface area contributed by atoms with E-state index < -0.39 is 12.1 Å². The first-order valence-corrected chi connectivity index (χ1v) is 7.86. The van der Waals surface area contributed by atoms with E-state index in [1.54, 1.807) is 0 Å². The number of likely N-dealkylation sites (N-methyl/N-ethyl adjacent to an activating group) is 1. The van der Waals surface area contributed by atoms with Gasteiger partial charge >= 0.3 is 5.97 Å². The van der Waals surface area contributed by atoms with Crippen LogP contribution in [0.25, 0.3) is 0 Å². The molecule has 0 unspecified atom stereocenters. The van der Waals surface area contributed by atoms with Crippen LogP contribution < -0.4 is 4.90 Å². The average Bonchev–Trinajstić information content (AvgIpc) is 2.59. The summed E-state index contributed by atoms with van der Waals surface area (Å²) in [4.78, 5) is 16.0. The third kappa shape index (κ3) is 4.45. The molecule has 1 fully saturated rings. The molecule has 1 aromatic carbocycles. The van der Waals surface area contributed by atoms with Gasteiger partial charge in [0.25, 0.3) is 0 Å². The topological polar surface area (TPSA) is 53.0 Å². The maximum absolute atomic E-state index is 11.4. The molecule has 122 valence electrons. The Morgan fingerprint density at radius 3 is 2.59 bits per heavy atom. The lowest BCUT2D eigenvalue weighted by molar-refractivity contribution is -0.154. The number of piperidine rings is 1. The van der Waals surface area contributed by atoms with Crippen LogP contribution in [0.4, 0.5) is 5.69 Å². The molecule has 1 heterocycles. The van der Waals surface area contributed by atoms with Crippen molar-refractivity contribution in [2.75, 3.05) is 45.2 Å². The Labute approximate surface area is 132 Å². The maximum atomic E-state index is 11.4. The van der Waals surface area contributed by atoms with Crippen LogP contribution in [0.2, 0.25) is 0 Å². The highest BCUT2D eigenvalue weighted by Crippen LogP contribution is 2.21. The second kappa shape index (κ2) is 8.15. The van der Waals surface area contributed by atoms with E-state index in [0.717, 1.165) is 39.0 Å². The second-order valence-corrected chi connectivity index (χ2v) is 5.90. The van der Waals surface area contributed by atoms with E-state index in [1.165, 1.54) is 12.8 Å². The molecular weight excluding hydrogens is 280 g/mol. The van der Waals surface area contributed by atoms with Crippen molar-refractivity contribution in [1.29, 1.82) is 0 Å². The van der Waals surface area contributed by atoms with E-state index in [2.05, 4.69) is 33.7 Å². The number of carbonyl (C=O) groups is 1. The fourth-order valence-electron chi connectivity index (χ4n) is 2.91. The van der Waals surface area contributed by atoms with Gasteiger partial charge in [0.05, 0.1) is 7.11 Å². The quantitative estimate of drug-likeness (QED) is 0.805. The number of hydrogen-bond donors (Lipinski definition) is 1. The summed E-state index contributed by atoms with van der Waals surface area (Å²) in [6.45, 7) is 3.80. The summed E-state index contributed by atoms with van der Waals surface area (Å²) in [6, 6.07) is 10.3. The van der Waals surface area contributed by atoms with Gasteiger partial charge in [0.15, 0.2) is 6.10 Å². The monoisotopic (exact) mass is 306 g/mol. The number of esters is 1. The van der Waals surface area contributed by atoms with E-state index >= 15 is 0 Å². The predicted molar refractivity (Wildman–Crippen MR) is 86.9 cm³/mol. The first-order chi connectivity index (χ1) is 10.6. The number of carbonyl (C=O) groups excluding carboxylic acids is 1. The summed E-state index contributed by atoms with van der Waals surface area (Å²) in [5.41, 5.74) is 1.22. The molecule has 0 radical (unpaired) electrons. The van der Waals surface area contributed by atoms with Crippen LogP contribution in [0.3, 0.4) is 0 Å². The molecule has 0 saturated carbocycles. The molecule has 2 rings (SSSR count). The van der Waals surface area contributed by atoms with Crippen molar-refractivity contribution in [2.24, 2.45) is 5.92 Å². The highest BCUT2D eigenvalue weighted by molar-refractivity contribution is 5.74. The molecule has 0 aromatic heterocycles. The number of ether oxygens (including phenoxy) is 1. The standard InChI is InChI=1S/C17H26N2O3/c1-18(15-6-4-3-5-7-15)12-13-19-10-8-14(9-11-19)16(20)17(21)22-2/h3-7,14,16,20H,8-13H2,1-2H3/t16-/m0/s1. The van der Waals surface area contributed by atoms with Gasteiger partial charge in [0.2, 0.25) is 0 Å². The lowest BCUT2D eigenvalue weighted by atomic mass is 9.91. The fourth-order valence-corrected chi connectivity index (χ4v) is 2.91. The fraction of sp³-hybridized carbons (Fsp3) is 0.588. The van der Waals surface area contributed by atoms with Crippen LogP contribution in [0.15, 0.2) is 30.3 Å². The number of hydrogen-bond acceptors (Lipinski definition) is 5. The molecule has 0 bridgehead atoms. The second-order valence-electron chi connectivity index (χ2n) is 5.90. The van der Waals surface area contributed by atoms with E-state index in [9.17, 15) is 9.90 Å². The number of aliphatic hydroxyl groups excluding tert-OH is 1. The Morgan fingerprint density at radius 2 is 2.00 bits per heavy atom. The van der Waals surface area contributed by atoms with Gasteiger partial charge in [-0.2, -0.15) is 0 Å². The zero-order chi connectivity index (χ0) is 15.9. The minimum Gasteiger partial charge on any atom is -0.467 e. The number of benzene rings is 1. The van der Waals surface area contributed by atoms with Crippen LogP contribution in [0, 0.1) is 5.92 Å². The van der Waals surface area contributed by atoms with Crippen molar-refractivity contribution in [3.05, 3.63) is 30.3 Å². The molecule has 0 aliphatic carbocycles. The van der Waals surface area contributed by atoms with Crippen LogP contribution >= 0.6 is 0 Å². The molecular formula is C17H26N2O3. The Bertz CT molecular complexity index is 458. The van der Waals surface area contributed by atoms with Crippen molar-refractivity contribution < 1.29 is 14.6 Å². The molecule has 1 saturated heterocycles. The van der Waals surface area contributed by atoms with Gasteiger partial charge in [-0.3, -0.25) is 0 Å². The Morgan fingerprint density at radius 1 is 1.36 bits per heavy atom. The van der Waals surface area contributed by atoms with Gasteiger partial charge in [-0.15, -0.1) is 0 Å². The Hall–Kier alpha value is -1.59. The number of likely N-dealkylation sites (tertiary alicyclic amines) is 1. The molecule has 5 heteroatoms. The summed E-state index contributed by atoms with van der Waals surface area (Å²) >= 11 is 0. The van der Waals surface area contributed by atoms with Crippen molar-refractivity contribution in [1.82, 2.24) is 4.90 Å². The SMILES string of the molecule is COC(=O)[C@@H](O)C1CCN(CCN(C)c2ccccc2)CC1. The summed E-state index contributed by atoms with van der Waals surface area (Å²) in [6.07, 6.45) is 0.704. The minimum atomic E-state index is -0.973. The number of rotatable bonds is 6. The Balaban J connectivity index is 1.73. The van der Waals surface area contributed by atoms with Crippen LogP contribution in [0.1, 0.15) is 12.8 Å². The lowest BCUT2D eigenvalue weighted by Gasteiger charge is -2.34. The lowest BCUT2D eigenvalue weighted by Crippen LogP contribution is -2.43. The number of aliphatic hydroxyl groups is 1. The van der Waals surface area contributed by atoms with E-state index in [-0.39, 0.29) is 5.92 Å². The minimum absolute atomic E-state index is 0.0237. The molecule has 1 atom stereocenters. The Kier molecular flexibility index (Phi) is 6.21. The molecule has 1 aromatic rings. The van der Waals surface area contributed by atoms with Crippen LogP contribution in [-0.4, -0.2) is 62.4 Å². The third-order valence-corrected chi connectivity index (χ3v) is 4.47. The number of methoxy groups -OCH3 is 1. The highest BCUT2D eigenvalue weighted by Gasteiger charge is 2.30. The van der Waals surface area contributed by atoms with Gasteiger partial charge in [0.1, 0.15) is 0 Å². The molecule has 1 aliphatic rings. The van der Waals surface area contributed by atoms with Crippen molar-refractivity contribution in [2.45, 2.75) is 18.9 Å². The van der Waals surface area contributed by atoms with Gasteiger partial charge < -0.3 is 19.6 Å². The van der Waals surface area contributed by atoms with Gasteiger partial charge in [-0.25, -0.2) is 4.79 Å². The zero-order valence-corrected chi connectivity index (χ0v) is 13.4. The van der Waals surface area contributed by atoms with Gasteiger partial charge in [-0.1, -0.05) is 18.2 Å². The van der Waals surface area contributed by atoms with Gasteiger partial charge in [-0.05, 0) is 44.0 Å². The average molecular weight is 306 g/mol. The van der Waals surface area contributed by atoms with Crippen molar-refractivity contribution in [3.63, 3.8) is 0 Å². The summed E-state index contributed by atoms with van der Waals surface area (Å²) in [5, 5.41) is 9.89. The van der Waals surface area contributed by atoms with Crippen LogP contribution in [0.5, 0.6) is 0 Å². The predicted octanol–water partition coefficient (Wildman–Crippen LogP) is 1.37. The number of nitrogens with zero attached hydrogens (tertiary/aromatic N) is 2. The maximum Gasteiger partial charge on any atom is 0.334 e. The zero-order valence-electron chi connectivity index (χ0n) is 13.4. The molecule has 1 aliphatic heterocycles. The summed E-state index contributed by atoms with van der Waals surface area (Å²) < 4.78 is 4.61. The molecule has 0 spiro atoms. The van der Waals surface area contributed by atoms with E-state index in [0.29, 0.717) is 0 Å². The molecule has 0 amide bonds. The highest BCUT2D eigenvalue weighted by atomic mass is 16.5. The number of anilines is 1. The molecule has 22 heavy (non-hydrogen) atoms. The van der Waals surface area contributed by atoms with E-state index in [4.69, 9.17) is 0 Å². The third-order valence-electron chi connectivity index (χ3n) is 4.47. The summed E-state index contributed by atoms with van der Waals surface area (Å²) in [7, 11) is 3.42. The van der Waals surface area contributed by atoms with Crippen molar-refractivity contribution in [3.8, 4) is 0 Å². The molecule has 5 nitrogen and oxygen atoms in total. The summed E-state index contributed by atoms with van der Waals surface area (Å²) in [5.74, 6) is -0.488. The smallest absolute Gasteiger partial charge is 0.334 e. The first-order valence-electron chi connectivity index (χ1n) is 7.86. The normalized spacial score (nSPS) is 18.0.